The summed E-state index contributed by atoms with van der Waals surface area (Å²) in [6.45, 7) is 17.2. The minimum absolute atomic E-state index is 0.0356. The van der Waals surface area contributed by atoms with Gasteiger partial charge in [0.05, 0.1) is 5.54 Å². The first-order valence-corrected chi connectivity index (χ1v) is 10.2. The number of likely N-dealkylation sites (tertiary alicyclic amines) is 1. The van der Waals surface area contributed by atoms with Gasteiger partial charge in [-0.15, -0.1) is 0 Å². The summed E-state index contributed by atoms with van der Waals surface area (Å²) in [6.07, 6.45) is 1.13. The average Bonchev–Trinajstić information content (AvgIpc) is 3.00. The van der Waals surface area contributed by atoms with Crippen LogP contribution >= 0.6 is 0 Å². The monoisotopic (exact) mass is 392 g/mol. The molecule has 2 rings (SSSR count). The second-order valence-corrected chi connectivity index (χ2v) is 9.91. The first kappa shape index (κ1) is 22.2. The second-order valence-electron chi connectivity index (χ2n) is 9.91. The summed E-state index contributed by atoms with van der Waals surface area (Å²) in [6, 6.07) is 1.93. The molecule has 158 valence electrons. The molecule has 2 amide bonds. The highest BCUT2D eigenvalue weighted by Gasteiger charge is 2.29. The Morgan fingerprint density at radius 1 is 1.14 bits per heavy atom. The molecule has 1 aromatic heterocycles. The Morgan fingerprint density at radius 2 is 1.71 bits per heavy atom. The smallest absolute Gasteiger partial charge is 0.410 e. The molecule has 0 spiro atoms. The van der Waals surface area contributed by atoms with E-state index in [9.17, 15) is 9.59 Å². The molecule has 0 aliphatic carbocycles. The highest BCUT2D eigenvalue weighted by atomic mass is 16.6. The van der Waals surface area contributed by atoms with Gasteiger partial charge in [0, 0.05) is 24.8 Å². The van der Waals surface area contributed by atoms with Crippen LogP contribution in [0, 0.1) is 0 Å². The van der Waals surface area contributed by atoms with E-state index in [1.807, 2.05) is 31.5 Å². The standard InChI is InChI=1S/C21H36N4O3/c1-14(2)17-13-16(23-25(17)20(3,4)5)18(26)22-15-9-11-24(12-10-15)19(27)28-21(6,7)8/h13-15H,9-12H2,1-8H3,(H,22,26). The summed E-state index contributed by atoms with van der Waals surface area (Å²) in [5.41, 5.74) is 0.824. The number of piperidine rings is 1. The molecule has 7 heteroatoms. The predicted octanol–water partition coefficient (Wildman–Crippen LogP) is 3.89. The van der Waals surface area contributed by atoms with Gasteiger partial charge in [0.15, 0.2) is 0 Å². The van der Waals surface area contributed by atoms with Crippen molar-refractivity contribution in [1.29, 1.82) is 0 Å². The molecular formula is C21H36N4O3. The molecule has 1 saturated heterocycles. The fraction of sp³-hybridized carbons (Fsp3) is 0.762. The molecule has 0 saturated carbocycles. The van der Waals surface area contributed by atoms with E-state index in [1.54, 1.807) is 4.90 Å². The molecule has 7 nitrogen and oxygen atoms in total. The lowest BCUT2D eigenvalue weighted by Crippen LogP contribution is -2.47. The van der Waals surface area contributed by atoms with E-state index in [0.29, 0.717) is 31.6 Å². The van der Waals surface area contributed by atoms with Crippen LogP contribution < -0.4 is 5.32 Å². The summed E-state index contributed by atoms with van der Waals surface area (Å²) in [5.74, 6) is 0.131. The van der Waals surface area contributed by atoms with Crippen molar-refractivity contribution in [3.05, 3.63) is 17.5 Å². The van der Waals surface area contributed by atoms with Crippen LogP contribution in [-0.4, -0.2) is 51.4 Å². The molecule has 1 fully saturated rings. The van der Waals surface area contributed by atoms with Gasteiger partial charge in [0.1, 0.15) is 11.3 Å². The highest BCUT2D eigenvalue weighted by Crippen LogP contribution is 2.24. The first-order valence-electron chi connectivity index (χ1n) is 10.2. The minimum Gasteiger partial charge on any atom is -0.444 e. The number of aromatic nitrogens is 2. The number of carbonyl (C=O) groups excluding carboxylic acids is 2. The molecule has 1 aliphatic heterocycles. The van der Waals surface area contributed by atoms with Gasteiger partial charge in [-0.2, -0.15) is 5.10 Å². The van der Waals surface area contributed by atoms with Crippen LogP contribution in [0.2, 0.25) is 0 Å². The Kier molecular flexibility index (Phi) is 6.46. The maximum Gasteiger partial charge on any atom is 0.410 e. The van der Waals surface area contributed by atoms with Crippen LogP contribution in [0.5, 0.6) is 0 Å². The third-order valence-corrected chi connectivity index (χ3v) is 4.68. The lowest BCUT2D eigenvalue weighted by atomic mass is 10.0. The van der Waals surface area contributed by atoms with Gasteiger partial charge in [-0.1, -0.05) is 13.8 Å². The van der Waals surface area contributed by atoms with Gasteiger partial charge in [0.2, 0.25) is 0 Å². The quantitative estimate of drug-likeness (QED) is 0.847. The lowest BCUT2D eigenvalue weighted by Gasteiger charge is -2.33. The van der Waals surface area contributed by atoms with Crippen molar-refractivity contribution >= 4 is 12.0 Å². The number of nitrogens with zero attached hydrogens (tertiary/aromatic N) is 3. The third kappa shape index (κ3) is 5.72. The summed E-state index contributed by atoms with van der Waals surface area (Å²) in [5, 5.41) is 7.65. The molecule has 0 atom stereocenters. The van der Waals surface area contributed by atoms with Crippen LogP contribution in [0.15, 0.2) is 6.07 Å². The van der Waals surface area contributed by atoms with E-state index < -0.39 is 5.60 Å². The Morgan fingerprint density at radius 3 is 2.14 bits per heavy atom. The van der Waals surface area contributed by atoms with Gasteiger partial charge in [-0.05, 0) is 66.4 Å². The summed E-state index contributed by atoms with van der Waals surface area (Å²) >= 11 is 0. The minimum atomic E-state index is -0.498. The highest BCUT2D eigenvalue weighted by molar-refractivity contribution is 5.92. The molecule has 0 bridgehead atoms. The number of hydrogen-bond acceptors (Lipinski definition) is 4. The molecule has 0 aromatic carbocycles. The Balaban J connectivity index is 1.97. The van der Waals surface area contributed by atoms with E-state index in [-0.39, 0.29) is 29.5 Å². The average molecular weight is 393 g/mol. The molecule has 1 aromatic rings. The predicted molar refractivity (Wildman–Crippen MR) is 110 cm³/mol. The van der Waals surface area contributed by atoms with Crippen molar-refractivity contribution in [3.63, 3.8) is 0 Å². The number of amides is 2. The van der Waals surface area contributed by atoms with Crippen LogP contribution in [0.3, 0.4) is 0 Å². The van der Waals surface area contributed by atoms with Gasteiger partial charge in [-0.3, -0.25) is 9.48 Å². The molecule has 1 aliphatic rings. The zero-order chi connectivity index (χ0) is 21.3. The van der Waals surface area contributed by atoms with Gasteiger partial charge in [-0.25, -0.2) is 4.79 Å². The van der Waals surface area contributed by atoms with Crippen molar-refractivity contribution in [2.45, 2.75) is 91.3 Å². The zero-order valence-corrected chi connectivity index (χ0v) is 18.6. The second kappa shape index (κ2) is 8.13. The Hall–Kier alpha value is -2.05. The Bertz CT molecular complexity index is 702. The topological polar surface area (TPSA) is 76.5 Å². The van der Waals surface area contributed by atoms with Gasteiger partial charge < -0.3 is 15.0 Å². The zero-order valence-electron chi connectivity index (χ0n) is 18.6. The summed E-state index contributed by atoms with van der Waals surface area (Å²) in [7, 11) is 0. The number of hydrogen-bond donors (Lipinski definition) is 1. The molecule has 28 heavy (non-hydrogen) atoms. The number of nitrogens with one attached hydrogen (secondary N) is 1. The molecule has 0 radical (unpaired) electrons. The van der Waals surface area contributed by atoms with Crippen LogP contribution in [0.1, 0.15) is 90.3 Å². The van der Waals surface area contributed by atoms with Gasteiger partial charge >= 0.3 is 6.09 Å². The van der Waals surface area contributed by atoms with Crippen LogP contribution in [-0.2, 0) is 10.3 Å². The fourth-order valence-electron chi connectivity index (χ4n) is 3.25. The van der Waals surface area contributed by atoms with Crippen molar-refractivity contribution in [1.82, 2.24) is 20.0 Å². The SMILES string of the molecule is CC(C)c1cc(C(=O)NC2CCN(C(=O)OC(C)(C)C)CC2)nn1C(C)(C)C. The van der Waals surface area contributed by atoms with Crippen LogP contribution in [0.4, 0.5) is 4.79 Å². The third-order valence-electron chi connectivity index (χ3n) is 4.68. The number of ether oxygens (including phenoxy) is 1. The largest absolute Gasteiger partial charge is 0.444 e. The van der Waals surface area contributed by atoms with Crippen molar-refractivity contribution < 1.29 is 14.3 Å². The van der Waals surface area contributed by atoms with Gasteiger partial charge in [0.25, 0.3) is 5.91 Å². The Labute approximate surface area is 168 Å². The normalized spacial score (nSPS) is 16.4. The molecule has 2 heterocycles. The van der Waals surface area contributed by atoms with Crippen LogP contribution in [0.25, 0.3) is 0 Å². The van der Waals surface area contributed by atoms with E-state index >= 15 is 0 Å². The maximum atomic E-state index is 12.7. The molecular weight excluding hydrogens is 356 g/mol. The summed E-state index contributed by atoms with van der Waals surface area (Å²) in [4.78, 5) is 26.6. The van der Waals surface area contributed by atoms with Crippen molar-refractivity contribution in [2.75, 3.05) is 13.1 Å². The van der Waals surface area contributed by atoms with E-state index in [1.165, 1.54) is 0 Å². The van der Waals surface area contributed by atoms with E-state index in [0.717, 1.165) is 5.69 Å². The maximum absolute atomic E-state index is 12.7. The summed E-state index contributed by atoms with van der Waals surface area (Å²) < 4.78 is 7.36. The molecule has 1 N–H and O–H groups in total. The number of rotatable bonds is 3. The van der Waals surface area contributed by atoms with E-state index in [2.05, 4.69) is 45.0 Å². The first-order chi connectivity index (χ1) is 12.8. The van der Waals surface area contributed by atoms with Crippen molar-refractivity contribution in [3.8, 4) is 0 Å². The fourth-order valence-corrected chi connectivity index (χ4v) is 3.25. The van der Waals surface area contributed by atoms with Crippen molar-refractivity contribution in [2.24, 2.45) is 0 Å². The van der Waals surface area contributed by atoms with E-state index in [4.69, 9.17) is 4.74 Å². The lowest BCUT2D eigenvalue weighted by molar-refractivity contribution is 0.0199. The number of carbonyl (C=O) groups is 2. The molecule has 0 unspecified atom stereocenters.